The van der Waals surface area contributed by atoms with Crippen molar-refractivity contribution in [3.63, 3.8) is 0 Å². The molecule has 6 heteroatoms. The Bertz CT molecular complexity index is 796. The van der Waals surface area contributed by atoms with Crippen LogP contribution in [0.25, 0.3) is 0 Å². The zero-order valence-corrected chi connectivity index (χ0v) is 15.0. The minimum atomic E-state index is 0.0828. The number of Topliss-reactive ketones (excluding diaryl/α,β-unsaturated/α-hetero) is 1. The van der Waals surface area contributed by atoms with Crippen molar-refractivity contribution < 1.29 is 4.79 Å². The van der Waals surface area contributed by atoms with Crippen molar-refractivity contribution in [3.05, 3.63) is 59.7 Å². The smallest absolute Gasteiger partial charge is 0.158 e. The maximum Gasteiger partial charge on any atom is 0.158 e. The summed E-state index contributed by atoms with van der Waals surface area (Å²) in [6, 6.07) is 15.9. The lowest BCUT2D eigenvalue weighted by molar-refractivity contribution is -0.121. The van der Waals surface area contributed by atoms with Gasteiger partial charge in [-0.05, 0) is 49.1 Å². The maximum absolute atomic E-state index is 11.9. The van der Waals surface area contributed by atoms with Crippen LogP contribution in [0.1, 0.15) is 30.9 Å². The molecule has 136 valence electrons. The molecule has 0 saturated heterocycles. The first-order valence-corrected chi connectivity index (χ1v) is 8.91. The molecular formula is C20H25N5O. The van der Waals surface area contributed by atoms with Gasteiger partial charge in [0.15, 0.2) is 11.6 Å². The fourth-order valence-corrected chi connectivity index (χ4v) is 2.72. The van der Waals surface area contributed by atoms with Crippen LogP contribution >= 0.6 is 0 Å². The number of nitrogens with one attached hydrogen (secondary N) is 1. The fraction of sp³-hybridized carbons (Fsp3) is 0.300. The molecule has 5 N–H and O–H groups in total. The molecule has 0 amide bonds. The number of anilines is 2. The lowest BCUT2D eigenvalue weighted by Gasteiger charge is -2.15. The van der Waals surface area contributed by atoms with Gasteiger partial charge in [-0.2, -0.15) is 0 Å². The number of benzene rings is 2. The van der Waals surface area contributed by atoms with Crippen molar-refractivity contribution in [2.45, 2.75) is 26.2 Å². The van der Waals surface area contributed by atoms with Crippen molar-refractivity contribution in [1.29, 1.82) is 0 Å². The number of nitrogens with two attached hydrogens (primary N) is 2. The molecule has 1 fully saturated rings. The molecule has 0 unspecified atom stereocenters. The molecule has 6 nitrogen and oxygen atoms in total. The van der Waals surface area contributed by atoms with Crippen LogP contribution in [-0.4, -0.2) is 23.3 Å². The van der Waals surface area contributed by atoms with E-state index in [2.05, 4.69) is 29.5 Å². The van der Waals surface area contributed by atoms with E-state index in [1.165, 1.54) is 5.56 Å². The summed E-state index contributed by atoms with van der Waals surface area (Å²) in [7, 11) is 0. The van der Waals surface area contributed by atoms with Crippen LogP contribution in [0.15, 0.2) is 53.6 Å². The van der Waals surface area contributed by atoms with Gasteiger partial charge >= 0.3 is 0 Å². The Morgan fingerprint density at radius 2 is 1.88 bits per heavy atom. The van der Waals surface area contributed by atoms with Gasteiger partial charge < -0.3 is 11.1 Å². The van der Waals surface area contributed by atoms with Crippen LogP contribution in [-0.2, 0) is 11.2 Å². The van der Waals surface area contributed by atoms with Crippen LogP contribution < -0.4 is 16.9 Å². The van der Waals surface area contributed by atoms with Gasteiger partial charge in [-0.15, -0.1) is 5.10 Å². The van der Waals surface area contributed by atoms with Gasteiger partial charge in [0.2, 0.25) is 0 Å². The number of aryl methyl sites for hydroxylation is 1. The van der Waals surface area contributed by atoms with Gasteiger partial charge in [0.05, 0.1) is 0 Å². The number of rotatable bonds is 8. The first-order valence-electron chi connectivity index (χ1n) is 8.91. The summed E-state index contributed by atoms with van der Waals surface area (Å²) < 4.78 is 0. The zero-order valence-electron chi connectivity index (χ0n) is 15.0. The maximum atomic E-state index is 11.9. The average molecular weight is 351 g/mol. The van der Waals surface area contributed by atoms with Crippen LogP contribution in [0.2, 0.25) is 0 Å². The molecule has 1 saturated carbocycles. The molecule has 2 aromatic rings. The van der Waals surface area contributed by atoms with E-state index in [1.54, 1.807) is 0 Å². The summed E-state index contributed by atoms with van der Waals surface area (Å²) in [5, 5.41) is 8.66. The van der Waals surface area contributed by atoms with Crippen molar-refractivity contribution in [1.82, 2.24) is 5.12 Å². The first kappa shape index (κ1) is 17.9. The summed E-state index contributed by atoms with van der Waals surface area (Å²) >= 11 is 0. The number of hydrazine groups is 1. The Hall–Kier alpha value is -2.86. The molecule has 0 spiro atoms. The molecule has 0 heterocycles. The number of hydrogen-bond donors (Lipinski definition) is 3. The van der Waals surface area contributed by atoms with Crippen LogP contribution in [0, 0.1) is 5.92 Å². The highest BCUT2D eigenvalue weighted by Crippen LogP contribution is 2.29. The second kappa shape index (κ2) is 8.01. The minimum absolute atomic E-state index is 0.0828. The lowest BCUT2D eigenvalue weighted by Crippen LogP contribution is -2.34. The Morgan fingerprint density at radius 1 is 1.19 bits per heavy atom. The second-order valence-corrected chi connectivity index (χ2v) is 6.54. The zero-order chi connectivity index (χ0) is 18.5. The van der Waals surface area contributed by atoms with E-state index < -0.39 is 0 Å². The SMILES string of the molecule is CCc1ccc(Nc2ccccc2/C(N)=N/N(N)CC(=O)C2CC2)cc1. The molecule has 0 radical (unpaired) electrons. The third-order valence-corrected chi connectivity index (χ3v) is 4.43. The number of carbonyl (C=O) groups is 1. The number of ketones is 1. The minimum Gasteiger partial charge on any atom is -0.382 e. The molecular weight excluding hydrogens is 326 g/mol. The number of amidine groups is 1. The molecule has 0 atom stereocenters. The highest BCUT2D eigenvalue weighted by Gasteiger charge is 2.30. The molecule has 1 aliphatic rings. The summed E-state index contributed by atoms with van der Waals surface area (Å²) in [5.74, 6) is 6.37. The normalized spacial score (nSPS) is 14.2. The van der Waals surface area contributed by atoms with E-state index in [0.29, 0.717) is 0 Å². The van der Waals surface area contributed by atoms with Crippen molar-refractivity contribution >= 4 is 23.0 Å². The van der Waals surface area contributed by atoms with Gasteiger partial charge in [-0.3, -0.25) is 4.79 Å². The topological polar surface area (TPSA) is 96.7 Å². The van der Waals surface area contributed by atoms with Gasteiger partial charge in [0, 0.05) is 22.9 Å². The highest BCUT2D eigenvalue weighted by molar-refractivity contribution is 6.03. The fourth-order valence-electron chi connectivity index (χ4n) is 2.72. The van der Waals surface area contributed by atoms with Crippen LogP contribution in [0.5, 0.6) is 0 Å². The number of hydrazone groups is 1. The van der Waals surface area contributed by atoms with Gasteiger partial charge in [0.25, 0.3) is 0 Å². The monoisotopic (exact) mass is 351 g/mol. The van der Waals surface area contributed by atoms with Crippen molar-refractivity contribution in [2.24, 2.45) is 22.6 Å². The van der Waals surface area contributed by atoms with E-state index in [9.17, 15) is 4.79 Å². The van der Waals surface area contributed by atoms with E-state index in [-0.39, 0.29) is 24.1 Å². The molecule has 2 aromatic carbocycles. The number of hydrogen-bond acceptors (Lipinski definition) is 5. The largest absolute Gasteiger partial charge is 0.382 e. The van der Waals surface area contributed by atoms with Gasteiger partial charge in [0.1, 0.15) is 6.54 Å². The predicted octanol–water partition coefficient (Wildman–Crippen LogP) is 2.77. The van der Waals surface area contributed by atoms with Crippen LogP contribution in [0.3, 0.4) is 0 Å². The van der Waals surface area contributed by atoms with Gasteiger partial charge in [-0.25, -0.2) is 11.0 Å². The molecule has 1 aliphatic carbocycles. The summed E-state index contributed by atoms with van der Waals surface area (Å²) in [4.78, 5) is 11.9. The molecule has 0 aliphatic heterocycles. The van der Waals surface area contributed by atoms with Gasteiger partial charge in [-0.1, -0.05) is 31.2 Å². The Morgan fingerprint density at radius 3 is 2.54 bits per heavy atom. The number of carbonyl (C=O) groups excluding carboxylic acids is 1. The highest BCUT2D eigenvalue weighted by atomic mass is 16.1. The summed E-state index contributed by atoms with van der Waals surface area (Å²) in [5.41, 5.74) is 9.96. The second-order valence-electron chi connectivity index (χ2n) is 6.54. The molecule has 3 rings (SSSR count). The van der Waals surface area contributed by atoms with Crippen molar-refractivity contribution in [3.8, 4) is 0 Å². The van der Waals surface area contributed by atoms with E-state index >= 15 is 0 Å². The standard InChI is InChI=1S/C20H25N5O/c1-2-14-7-11-16(12-8-14)23-18-6-4-3-5-17(18)20(21)24-25(22)13-19(26)15-9-10-15/h3-8,11-12,15,23H,2,9-10,13,22H2,1H3,(H2,21,24). The molecule has 0 aromatic heterocycles. The van der Waals surface area contributed by atoms with E-state index in [0.717, 1.165) is 41.3 Å². The third-order valence-electron chi connectivity index (χ3n) is 4.43. The summed E-state index contributed by atoms with van der Waals surface area (Å²) in [6.07, 6.45) is 2.91. The summed E-state index contributed by atoms with van der Waals surface area (Å²) in [6.45, 7) is 2.21. The lowest BCUT2D eigenvalue weighted by atomic mass is 10.1. The number of para-hydroxylation sites is 1. The molecule has 0 bridgehead atoms. The Labute approximate surface area is 153 Å². The Balaban J connectivity index is 1.74. The average Bonchev–Trinajstić information content (AvgIpc) is 3.48. The predicted molar refractivity (Wildman–Crippen MR) is 105 cm³/mol. The third kappa shape index (κ3) is 4.61. The Kier molecular flexibility index (Phi) is 5.53. The first-order chi connectivity index (χ1) is 12.6. The van der Waals surface area contributed by atoms with Crippen molar-refractivity contribution in [2.75, 3.05) is 11.9 Å². The van der Waals surface area contributed by atoms with E-state index in [1.807, 2.05) is 36.4 Å². The number of nitrogens with zero attached hydrogens (tertiary/aromatic N) is 2. The quantitative estimate of drug-likeness (QED) is 0.294. The van der Waals surface area contributed by atoms with E-state index in [4.69, 9.17) is 11.6 Å². The molecule has 26 heavy (non-hydrogen) atoms. The van der Waals surface area contributed by atoms with Crippen LogP contribution in [0.4, 0.5) is 11.4 Å².